The Morgan fingerprint density at radius 1 is 1.50 bits per heavy atom. The molecule has 1 saturated heterocycles. The molecule has 110 valence electrons. The maximum Gasteiger partial charge on any atom is 0.339 e. The number of carboxylic acids is 1. The molecule has 5 nitrogen and oxygen atoms in total. The van der Waals surface area contributed by atoms with Gasteiger partial charge in [0.15, 0.2) is 0 Å². The third-order valence-corrected chi connectivity index (χ3v) is 3.65. The molecule has 1 aliphatic rings. The Morgan fingerprint density at radius 2 is 2.25 bits per heavy atom. The molecular formula is C15H22N2O3. The number of rotatable bonds is 4. The van der Waals surface area contributed by atoms with E-state index in [1.165, 1.54) is 6.42 Å². The van der Waals surface area contributed by atoms with Crippen LogP contribution < -0.4 is 4.90 Å². The number of carbonyl (C=O) groups is 1. The number of aromatic nitrogens is 1. The van der Waals surface area contributed by atoms with Gasteiger partial charge >= 0.3 is 5.97 Å². The lowest BCUT2D eigenvalue weighted by Gasteiger charge is -2.29. The summed E-state index contributed by atoms with van der Waals surface area (Å²) in [6.45, 7) is 5.17. The fourth-order valence-corrected chi connectivity index (χ4v) is 2.70. The van der Waals surface area contributed by atoms with Gasteiger partial charge in [0, 0.05) is 25.9 Å². The zero-order valence-corrected chi connectivity index (χ0v) is 12.3. The fraction of sp³-hybridized carbons (Fsp3) is 0.600. The summed E-state index contributed by atoms with van der Waals surface area (Å²) in [5.41, 5.74) is 1.87. The third-order valence-electron chi connectivity index (χ3n) is 3.65. The molecule has 1 aliphatic heterocycles. The van der Waals surface area contributed by atoms with E-state index in [4.69, 9.17) is 4.74 Å². The van der Waals surface area contributed by atoms with Crippen LogP contribution in [0.4, 0.5) is 5.82 Å². The van der Waals surface area contributed by atoms with Crippen molar-refractivity contribution in [1.82, 2.24) is 4.98 Å². The lowest BCUT2D eigenvalue weighted by Crippen LogP contribution is -2.34. The molecule has 0 bridgehead atoms. The van der Waals surface area contributed by atoms with Crippen LogP contribution in [0.2, 0.25) is 0 Å². The Morgan fingerprint density at radius 3 is 2.85 bits per heavy atom. The summed E-state index contributed by atoms with van der Waals surface area (Å²) in [6.07, 6.45) is 3.47. The molecule has 1 fully saturated rings. The maximum atomic E-state index is 11.5. The van der Waals surface area contributed by atoms with Crippen molar-refractivity contribution in [2.75, 3.05) is 25.1 Å². The molecule has 2 heterocycles. The number of likely N-dealkylation sites (N-methyl/N-ethyl adjacent to an activating group) is 1. The van der Waals surface area contributed by atoms with E-state index in [1.54, 1.807) is 6.07 Å². The van der Waals surface area contributed by atoms with Crippen LogP contribution in [0.3, 0.4) is 0 Å². The zero-order valence-electron chi connectivity index (χ0n) is 12.3. The monoisotopic (exact) mass is 278 g/mol. The molecule has 0 aliphatic carbocycles. The van der Waals surface area contributed by atoms with Crippen LogP contribution in [0, 0.1) is 13.8 Å². The van der Waals surface area contributed by atoms with Crippen LogP contribution in [0.25, 0.3) is 0 Å². The molecule has 0 radical (unpaired) electrons. The van der Waals surface area contributed by atoms with E-state index in [0.717, 1.165) is 30.7 Å². The maximum absolute atomic E-state index is 11.5. The Hall–Kier alpha value is -1.62. The van der Waals surface area contributed by atoms with E-state index in [0.29, 0.717) is 12.4 Å². The van der Waals surface area contributed by atoms with Crippen LogP contribution >= 0.6 is 0 Å². The Bertz CT molecular complexity index is 496. The van der Waals surface area contributed by atoms with Gasteiger partial charge in [0.2, 0.25) is 0 Å². The van der Waals surface area contributed by atoms with Gasteiger partial charge in [-0.2, -0.15) is 0 Å². The molecule has 0 amide bonds. The Kier molecular flexibility index (Phi) is 4.60. The number of aromatic carboxylic acids is 1. The highest BCUT2D eigenvalue weighted by atomic mass is 16.5. The number of hydrogen-bond acceptors (Lipinski definition) is 4. The first-order chi connectivity index (χ1) is 9.49. The highest BCUT2D eigenvalue weighted by molar-refractivity contribution is 5.95. The second kappa shape index (κ2) is 6.22. The average Bonchev–Trinajstić information content (AvgIpc) is 2.38. The molecule has 0 aromatic carbocycles. The van der Waals surface area contributed by atoms with Gasteiger partial charge in [-0.25, -0.2) is 9.78 Å². The Labute approximate surface area is 119 Å². The zero-order chi connectivity index (χ0) is 14.7. The predicted octanol–water partition coefficient (Wildman–Crippen LogP) is 2.40. The number of hydrogen-bond donors (Lipinski definition) is 1. The molecule has 1 unspecified atom stereocenters. The lowest BCUT2D eigenvalue weighted by atomic mass is 10.1. The molecular weight excluding hydrogens is 256 g/mol. The second-order valence-corrected chi connectivity index (χ2v) is 5.45. The molecule has 1 N–H and O–H groups in total. The van der Waals surface area contributed by atoms with E-state index in [2.05, 4.69) is 4.98 Å². The van der Waals surface area contributed by atoms with E-state index >= 15 is 0 Å². The topological polar surface area (TPSA) is 62.7 Å². The van der Waals surface area contributed by atoms with Crippen LogP contribution in [0.15, 0.2) is 6.07 Å². The summed E-state index contributed by atoms with van der Waals surface area (Å²) in [4.78, 5) is 17.8. The highest BCUT2D eigenvalue weighted by Crippen LogP contribution is 2.23. The minimum atomic E-state index is -0.929. The second-order valence-electron chi connectivity index (χ2n) is 5.45. The molecule has 1 atom stereocenters. The first-order valence-electron chi connectivity index (χ1n) is 7.03. The third kappa shape index (κ3) is 3.28. The predicted molar refractivity (Wildman–Crippen MR) is 77.5 cm³/mol. The first-order valence-corrected chi connectivity index (χ1v) is 7.03. The largest absolute Gasteiger partial charge is 0.478 e. The Balaban J connectivity index is 2.23. The van der Waals surface area contributed by atoms with E-state index in [-0.39, 0.29) is 11.7 Å². The number of carboxylic acid groups (broad SMARTS) is 1. The van der Waals surface area contributed by atoms with Crippen molar-refractivity contribution in [1.29, 1.82) is 0 Å². The van der Waals surface area contributed by atoms with Gasteiger partial charge in [-0.1, -0.05) is 0 Å². The summed E-state index contributed by atoms with van der Waals surface area (Å²) in [5.74, 6) is -0.398. The SMILES string of the molecule is Cc1cc(C)c(C(=O)O)c(N(C)CC2CCCCO2)n1. The molecule has 0 saturated carbocycles. The van der Waals surface area contributed by atoms with Crippen LogP contribution in [0.1, 0.15) is 40.9 Å². The van der Waals surface area contributed by atoms with Gasteiger partial charge in [-0.15, -0.1) is 0 Å². The van der Waals surface area contributed by atoms with Gasteiger partial charge in [0.1, 0.15) is 11.4 Å². The summed E-state index contributed by atoms with van der Waals surface area (Å²) >= 11 is 0. The van der Waals surface area contributed by atoms with Gasteiger partial charge in [0.25, 0.3) is 0 Å². The summed E-state index contributed by atoms with van der Waals surface area (Å²) < 4.78 is 5.71. The van der Waals surface area contributed by atoms with Crippen LogP contribution in [0.5, 0.6) is 0 Å². The fourth-order valence-electron chi connectivity index (χ4n) is 2.70. The quantitative estimate of drug-likeness (QED) is 0.916. The molecule has 2 rings (SSSR count). The molecule has 1 aromatic heterocycles. The van der Waals surface area contributed by atoms with Gasteiger partial charge in [-0.05, 0) is 44.7 Å². The number of ether oxygens (including phenoxy) is 1. The van der Waals surface area contributed by atoms with Crippen molar-refractivity contribution < 1.29 is 14.6 Å². The smallest absolute Gasteiger partial charge is 0.339 e. The molecule has 0 spiro atoms. The van der Waals surface area contributed by atoms with Crippen molar-refractivity contribution in [3.63, 3.8) is 0 Å². The van der Waals surface area contributed by atoms with Crippen LogP contribution in [-0.4, -0.2) is 42.4 Å². The van der Waals surface area contributed by atoms with E-state index in [9.17, 15) is 9.90 Å². The highest BCUT2D eigenvalue weighted by Gasteiger charge is 2.22. The molecule has 5 heteroatoms. The van der Waals surface area contributed by atoms with Gasteiger partial charge in [0.05, 0.1) is 6.10 Å². The number of aryl methyl sites for hydroxylation is 2. The minimum absolute atomic E-state index is 0.165. The van der Waals surface area contributed by atoms with Crippen molar-refractivity contribution in [3.05, 3.63) is 22.9 Å². The summed E-state index contributed by atoms with van der Waals surface area (Å²) in [6, 6.07) is 1.80. The number of pyridine rings is 1. The summed E-state index contributed by atoms with van der Waals surface area (Å²) in [7, 11) is 1.88. The number of anilines is 1. The average molecular weight is 278 g/mol. The van der Waals surface area contributed by atoms with E-state index in [1.807, 2.05) is 25.8 Å². The number of nitrogens with zero attached hydrogens (tertiary/aromatic N) is 2. The van der Waals surface area contributed by atoms with Gasteiger partial charge < -0.3 is 14.7 Å². The summed E-state index contributed by atoms with van der Waals surface area (Å²) in [5, 5.41) is 9.39. The van der Waals surface area contributed by atoms with Crippen LogP contribution in [-0.2, 0) is 4.74 Å². The van der Waals surface area contributed by atoms with Crippen molar-refractivity contribution in [2.24, 2.45) is 0 Å². The van der Waals surface area contributed by atoms with Crippen molar-refractivity contribution in [3.8, 4) is 0 Å². The van der Waals surface area contributed by atoms with Gasteiger partial charge in [-0.3, -0.25) is 0 Å². The van der Waals surface area contributed by atoms with Crippen molar-refractivity contribution >= 4 is 11.8 Å². The molecule has 1 aromatic rings. The minimum Gasteiger partial charge on any atom is -0.478 e. The standard InChI is InChI=1S/C15H22N2O3/c1-10-8-11(2)16-14(13(10)15(18)19)17(3)9-12-6-4-5-7-20-12/h8,12H,4-7,9H2,1-3H3,(H,18,19). The molecule has 20 heavy (non-hydrogen) atoms. The lowest BCUT2D eigenvalue weighted by molar-refractivity contribution is 0.0215. The first kappa shape index (κ1) is 14.8. The van der Waals surface area contributed by atoms with Crippen molar-refractivity contribution in [2.45, 2.75) is 39.2 Å². The van der Waals surface area contributed by atoms with E-state index < -0.39 is 5.97 Å². The normalized spacial score (nSPS) is 18.9.